The van der Waals surface area contributed by atoms with Gasteiger partial charge in [0.1, 0.15) is 5.00 Å². The van der Waals surface area contributed by atoms with Crippen LogP contribution in [0.4, 0.5) is 5.00 Å². The number of thiophene rings is 1. The molecule has 3 amide bonds. The molecule has 1 aromatic carbocycles. The number of fused-ring (bicyclic) bond motifs is 1. The third kappa shape index (κ3) is 6.35. The quantitative estimate of drug-likeness (QED) is 0.340. The molecule has 0 fully saturated rings. The van der Waals surface area contributed by atoms with Crippen molar-refractivity contribution >= 4 is 46.1 Å². The molecule has 34 heavy (non-hydrogen) atoms. The fraction of sp³-hybridized carbons (Fsp3) is 0.304. The van der Waals surface area contributed by atoms with Crippen LogP contribution in [0.2, 0.25) is 0 Å². The summed E-state index contributed by atoms with van der Waals surface area (Å²) in [6, 6.07) is 4.80. The minimum Gasteiger partial charge on any atom is -0.493 e. The number of aryl methyl sites for hydroxylation is 1. The molecule has 1 heterocycles. The summed E-state index contributed by atoms with van der Waals surface area (Å²) >= 11 is 1.33. The number of primary amides is 2. The zero-order valence-electron chi connectivity index (χ0n) is 18.6. The number of nitrogens with two attached hydrogens (primary N) is 2. The molecule has 0 aliphatic heterocycles. The fourth-order valence-corrected chi connectivity index (χ4v) is 4.79. The Balaban J connectivity index is 1.56. The van der Waals surface area contributed by atoms with Gasteiger partial charge in [0.15, 0.2) is 24.7 Å². The Hall–Kier alpha value is -3.86. The molecule has 11 heteroatoms. The molecule has 0 atom stereocenters. The summed E-state index contributed by atoms with van der Waals surface area (Å²) in [7, 11) is 1.43. The number of carbonyl (C=O) groups is 4. The van der Waals surface area contributed by atoms with Crippen LogP contribution in [-0.4, -0.2) is 44.0 Å². The number of ether oxygens (including phenoxy) is 3. The van der Waals surface area contributed by atoms with Crippen molar-refractivity contribution < 1.29 is 33.4 Å². The van der Waals surface area contributed by atoms with Gasteiger partial charge in [-0.2, -0.15) is 0 Å². The van der Waals surface area contributed by atoms with Crippen molar-refractivity contribution in [3.05, 3.63) is 45.8 Å². The smallest absolute Gasteiger partial charge is 0.331 e. The summed E-state index contributed by atoms with van der Waals surface area (Å²) in [5, 5.41) is 3.02. The molecule has 2 aromatic rings. The number of carbonyl (C=O) groups excluding carboxylic acids is 4. The van der Waals surface area contributed by atoms with Crippen molar-refractivity contribution in [2.24, 2.45) is 11.5 Å². The number of hydrogen-bond acceptors (Lipinski definition) is 8. The largest absolute Gasteiger partial charge is 0.493 e. The van der Waals surface area contributed by atoms with E-state index in [1.54, 1.807) is 18.2 Å². The summed E-state index contributed by atoms with van der Waals surface area (Å²) in [5.74, 6) is -1.84. The van der Waals surface area contributed by atoms with E-state index in [1.807, 2.05) is 0 Å². The van der Waals surface area contributed by atoms with Gasteiger partial charge in [0, 0.05) is 11.0 Å². The van der Waals surface area contributed by atoms with Crippen LogP contribution < -0.4 is 26.3 Å². The maximum absolute atomic E-state index is 12.3. The van der Waals surface area contributed by atoms with Gasteiger partial charge in [0.25, 0.3) is 17.7 Å². The maximum atomic E-state index is 12.3. The minimum atomic E-state index is -0.733. The van der Waals surface area contributed by atoms with Crippen LogP contribution in [-0.2, 0) is 32.0 Å². The first-order valence-electron chi connectivity index (χ1n) is 10.5. The van der Waals surface area contributed by atoms with Crippen LogP contribution in [0.1, 0.15) is 39.2 Å². The van der Waals surface area contributed by atoms with E-state index < -0.39 is 30.3 Å². The summed E-state index contributed by atoms with van der Waals surface area (Å²) in [6.07, 6.45) is 6.22. The van der Waals surface area contributed by atoms with E-state index in [0.717, 1.165) is 42.2 Å². The molecule has 1 aliphatic rings. The number of benzene rings is 1. The second-order valence-corrected chi connectivity index (χ2v) is 8.54. The van der Waals surface area contributed by atoms with Gasteiger partial charge in [-0.25, -0.2) is 4.79 Å². The van der Waals surface area contributed by atoms with Crippen LogP contribution in [0, 0.1) is 0 Å². The van der Waals surface area contributed by atoms with Crippen LogP contribution in [0.5, 0.6) is 11.5 Å². The van der Waals surface area contributed by atoms with Gasteiger partial charge < -0.3 is 31.0 Å². The first-order chi connectivity index (χ1) is 16.3. The number of rotatable bonds is 10. The standard InChI is InChI=1S/C23H25N3O7S/c1-31-16-10-13(6-8-15(16)32-11-18(24)27)7-9-20(29)33-12-19(28)26-23-21(22(25)30)14-4-2-3-5-17(14)34-23/h6-10H,2-5,11-12H2,1H3,(H2,24,27)(H2,25,30)(H,26,28)/b9-7+. The number of hydrogen-bond donors (Lipinski definition) is 3. The van der Waals surface area contributed by atoms with Crippen molar-refractivity contribution in [3.8, 4) is 11.5 Å². The highest BCUT2D eigenvalue weighted by Crippen LogP contribution is 2.37. The second kappa shape index (κ2) is 11.3. The summed E-state index contributed by atoms with van der Waals surface area (Å²) in [5.41, 5.74) is 12.4. The molecule has 0 saturated carbocycles. The van der Waals surface area contributed by atoms with Gasteiger partial charge in [0.2, 0.25) is 0 Å². The fourth-order valence-electron chi connectivity index (χ4n) is 3.48. The van der Waals surface area contributed by atoms with E-state index in [-0.39, 0.29) is 6.61 Å². The lowest BCUT2D eigenvalue weighted by molar-refractivity contribution is -0.142. The van der Waals surface area contributed by atoms with Crippen molar-refractivity contribution in [3.63, 3.8) is 0 Å². The lowest BCUT2D eigenvalue weighted by Crippen LogP contribution is -2.22. The topological polar surface area (TPSA) is 160 Å². The SMILES string of the molecule is COc1cc(/C=C/C(=O)OCC(=O)Nc2sc3c(c2C(N)=O)CCCC3)ccc1OCC(N)=O. The van der Waals surface area contributed by atoms with E-state index in [0.29, 0.717) is 27.6 Å². The Kier molecular flexibility index (Phi) is 8.25. The third-order valence-electron chi connectivity index (χ3n) is 4.99. The van der Waals surface area contributed by atoms with Gasteiger partial charge >= 0.3 is 5.97 Å². The van der Waals surface area contributed by atoms with E-state index in [4.69, 9.17) is 25.7 Å². The zero-order chi connectivity index (χ0) is 24.7. The van der Waals surface area contributed by atoms with E-state index in [1.165, 1.54) is 24.5 Å². The predicted molar refractivity (Wildman–Crippen MR) is 126 cm³/mol. The monoisotopic (exact) mass is 487 g/mol. The lowest BCUT2D eigenvalue weighted by atomic mass is 9.95. The van der Waals surface area contributed by atoms with Gasteiger partial charge in [-0.1, -0.05) is 6.07 Å². The third-order valence-corrected chi connectivity index (χ3v) is 6.19. The molecule has 180 valence electrons. The first kappa shape index (κ1) is 24.8. The normalized spacial score (nSPS) is 12.6. The van der Waals surface area contributed by atoms with E-state index >= 15 is 0 Å². The molecule has 1 aromatic heterocycles. The Morgan fingerprint density at radius 1 is 1.09 bits per heavy atom. The Morgan fingerprint density at radius 3 is 2.56 bits per heavy atom. The molecular weight excluding hydrogens is 462 g/mol. The molecule has 3 rings (SSSR count). The maximum Gasteiger partial charge on any atom is 0.331 e. The molecule has 0 radical (unpaired) electrons. The number of esters is 1. The number of amides is 3. The molecule has 0 spiro atoms. The highest BCUT2D eigenvalue weighted by molar-refractivity contribution is 7.17. The van der Waals surface area contributed by atoms with Crippen molar-refractivity contribution in [2.45, 2.75) is 25.7 Å². The average molecular weight is 488 g/mol. The van der Waals surface area contributed by atoms with Crippen LogP contribution in [0.3, 0.4) is 0 Å². The first-order valence-corrected chi connectivity index (χ1v) is 11.3. The molecule has 0 bridgehead atoms. The van der Waals surface area contributed by atoms with E-state index in [9.17, 15) is 19.2 Å². The van der Waals surface area contributed by atoms with Crippen molar-refractivity contribution in [2.75, 3.05) is 25.6 Å². The zero-order valence-corrected chi connectivity index (χ0v) is 19.4. The molecule has 10 nitrogen and oxygen atoms in total. The summed E-state index contributed by atoms with van der Waals surface area (Å²) in [4.78, 5) is 48.1. The van der Waals surface area contributed by atoms with Gasteiger partial charge in [-0.15, -0.1) is 11.3 Å². The average Bonchev–Trinajstić information content (AvgIpc) is 3.18. The van der Waals surface area contributed by atoms with Crippen LogP contribution >= 0.6 is 11.3 Å². The molecule has 5 N–H and O–H groups in total. The van der Waals surface area contributed by atoms with Gasteiger partial charge in [-0.3, -0.25) is 14.4 Å². The summed E-state index contributed by atoms with van der Waals surface area (Å²) in [6.45, 7) is -0.817. The van der Waals surface area contributed by atoms with Crippen molar-refractivity contribution in [1.29, 1.82) is 0 Å². The van der Waals surface area contributed by atoms with Gasteiger partial charge in [-0.05, 0) is 55.0 Å². The Morgan fingerprint density at radius 2 is 1.85 bits per heavy atom. The minimum absolute atomic E-state index is 0.297. The molecule has 0 unspecified atom stereocenters. The second-order valence-electron chi connectivity index (χ2n) is 7.43. The summed E-state index contributed by atoms with van der Waals surface area (Å²) < 4.78 is 15.4. The molecular formula is C23H25N3O7S. The number of nitrogens with one attached hydrogen (secondary N) is 1. The highest BCUT2D eigenvalue weighted by atomic mass is 32.1. The van der Waals surface area contributed by atoms with E-state index in [2.05, 4.69) is 5.32 Å². The Bertz CT molecular complexity index is 1140. The van der Waals surface area contributed by atoms with Crippen LogP contribution in [0.25, 0.3) is 6.08 Å². The number of methoxy groups -OCH3 is 1. The number of anilines is 1. The predicted octanol–water partition coefficient (Wildman–Crippen LogP) is 1.79. The lowest BCUT2D eigenvalue weighted by Gasteiger charge is -2.11. The van der Waals surface area contributed by atoms with Crippen molar-refractivity contribution in [1.82, 2.24) is 0 Å². The Labute approximate surface area is 199 Å². The van der Waals surface area contributed by atoms with Crippen LogP contribution in [0.15, 0.2) is 24.3 Å². The molecule has 1 aliphatic carbocycles. The van der Waals surface area contributed by atoms with Gasteiger partial charge in [0.05, 0.1) is 12.7 Å². The molecule has 0 saturated heterocycles. The highest BCUT2D eigenvalue weighted by Gasteiger charge is 2.25.